The predicted octanol–water partition coefficient (Wildman–Crippen LogP) is 4.74. The minimum Gasteiger partial charge on any atom is -0.480 e. The van der Waals surface area contributed by atoms with Crippen LogP contribution < -0.4 is 20.5 Å². The van der Waals surface area contributed by atoms with Crippen LogP contribution in [0.3, 0.4) is 0 Å². The van der Waals surface area contributed by atoms with Crippen LogP contribution in [0.2, 0.25) is 5.02 Å². The lowest BCUT2D eigenvalue weighted by atomic mass is 10.1. The van der Waals surface area contributed by atoms with Gasteiger partial charge < -0.3 is 24.3 Å². The molecule has 3 aromatic rings. The number of hydrogen-bond donors (Lipinski definition) is 1. The van der Waals surface area contributed by atoms with Gasteiger partial charge in [-0.15, -0.1) is 0 Å². The Morgan fingerprint density at radius 3 is 2.83 bits per heavy atom. The van der Waals surface area contributed by atoms with Crippen LogP contribution in [0.4, 0.5) is 17.5 Å². The maximum atomic E-state index is 13.0. The predicted molar refractivity (Wildman–Crippen MR) is 142 cm³/mol. The highest BCUT2D eigenvalue weighted by atomic mass is 35.5. The number of anilines is 3. The molecule has 3 heterocycles. The maximum absolute atomic E-state index is 13.0. The molecule has 0 spiro atoms. The number of halogens is 1. The quantitative estimate of drug-likeness (QED) is 0.438. The molecule has 1 saturated heterocycles. The van der Waals surface area contributed by atoms with E-state index in [9.17, 15) is 9.59 Å². The highest BCUT2D eigenvalue weighted by Gasteiger charge is 2.22. The van der Waals surface area contributed by atoms with Gasteiger partial charge in [-0.2, -0.15) is 4.98 Å². The fraction of sp³-hybridized carbons (Fsp3) is 0.462. The highest BCUT2D eigenvalue weighted by molar-refractivity contribution is 6.32. The first-order chi connectivity index (χ1) is 17.3. The summed E-state index contributed by atoms with van der Waals surface area (Å²) < 4.78 is 13.0. The summed E-state index contributed by atoms with van der Waals surface area (Å²) in [6.45, 7) is 9.67. The second-order valence-electron chi connectivity index (χ2n) is 9.07. The Balaban J connectivity index is 1.66. The molecule has 1 aliphatic rings. The van der Waals surface area contributed by atoms with E-state index in [1.165, 1.54) is 0 Å². The number of nitrogens with zero attached hydrogens (tertiary/aromatic N) is 4. The topological polar surface area (TPSA) is 98.6 Å². The number of ketones is 1. The molecular formula is C26H32ClN5O4. The molecule has 0 unspecified atom stereocenters. The summed E-state index contributed by atoms with van der Waals surface area (Å²) in [5.41, 5.74) is 1.25. The number of pyridine rings is 1. The van der Waals surface area contributed by atoms with Gasteiger partial charge in [0.05, 0.1) is 24.4 Å². The van der Waals surface area contributed by atoms with Gasteiger partial charge in [-0.25, -0.2) is 4.98 Å². The second kappa shape index (κ2) is 11.3. The lowest BCUT2D eigenvalue weighted by molar-refractivity contribution is -0.120. The van der Waals surface area contributed by atoms with Crippen molar-refractivity contribution in [2.45, 2.75) is 52.7 Å². The Morgan fingerprint density at radius 1 is 1.31 bits per heavy atom. The fourth-order valence-corrected chi connectivity index (χ4v) is 4.30. The van der Waals surface area contributed by atoms with Crippen LogP contribution in [0.5, 0.6) is 5.75 Å². The van der Waals surface area contributed by atoms with Crippen LogP contribution in [-0.2, 0) is 9.53 Å². The molecule has 0 saturated carbocycles. The zero-order valence-electron chi connectivity index (χ0n) is 21.1. The van der Waals surface area contributed by atoms with Crippen molar-refractivity contribution >= 4 is 45.7 Å². The summed E-state index contributed by atoms with van der Waals surface area (Å²) in [5, 5.41) is 4.47. The summed E-state index contributed by atoms with van der Waals surface area (Å²) >= 11 is 6.43. The number of nitrogens with one attached hydrogen (secondary N) is 1. The van der Waals surface area contributed by atoms with Gasteiger partial charge in [0, 0.05) is 36.6 Å². The monoisotopic (exact) mass is 513 g/mol. The van der Waals surface area contributed by atoms with E-state index in [1.807, 2.05) is 32.0 Å². The molecule has 0 amide bonds. The number of carbonyl (C=O) groups is 1. The number of benzene rings is 1. The Bertz CT molecular complexity index is 1310. The minimum absolute atomic E-state index is 0.0688. The third-order valence-corrected chi connectivity index (χ3v) is 6.45. The lowest BCUT2D eigenvalue weighted by Crippen LogP contribution is -2.43. The van der Waals surface area contributed by atoms with Crippen LogP contribution in [0.15, 0.2) is 35.3 Å². The Labute approximate surface area is 215 Å². The molecule has 2 aromatic heterocycles. The van der Waals surface area contributed by atoms with Crippen molar-refractivity contribution in [3.8, 4) is 5.75 Å². The summed E-state index contributed by atoms with van der Waals surface area (Å²) in [5.74, 6) is 1.16. The Hall–Kier alpha value is -3.17. The molecule has 9 nitrogen and oxygen atoms in total. The first-order valence-electron chi connectivity index (χ1n) is 12.3. The number of Topliss-reactive ketones (excluding diaryl/α,β-unsaturated/α-hetero) is 1. The lowest BCUT2D eigenvalue weighted by Gasteiger charge is -2.32. The van der Waals surface area contributed by atoms with Crippen molar-refractivity contribution in [3.05, 3.63) is 45.8 Å². The van der Waals surface area contributed by atoms with Gasteiger partial charge in [0.2, 0.25) is 5.95 Å². The van der Waals surface area contributed by atoms with Gasteiger partial charge in [0.25, 0.3) is 5.56 Å². The van der Waals surface area contributed by atoms with Gasteiger partial charge in [0.15, 0.2) is 17.4 Å². The number of ether oxygens (including phenoxy) is 2. The number of hydrogen-bond acceptors (Lipinski definition) is 8. The first kappa shape index (κ1) is 25.9. The van der Waals surface area contributed by atoms with Crippen LogP contribution in [0.25, 0.3) is 10.9 Å². The zero-order valence-corrected chi connectivity index (χ0v) is 21.8. The highest BCUT2D eigenvalue weighted by Crippen LogP contribution is 2.29. The van der Waals surface area contributed by atoms with Crippen LogP contribution in [0.1, 0.15) is 46.6 Å². The molecule has 1 atom stereocenters. The molecule has 0 radical (unpaired) electrons. The van der Waals surface area contributed by atoms with Crippen LogP contribution >= 0.6 is 11.6 Å². The number of morpholine rings is 1. The van der Waals surface area contributed by atoms with E-state index < -0.39 is 0 Å². The summed E-state index contributed by atoms with van der Waals surface area (Å²) in [7, 11) is 0. The minimum atomic E-state index is -0.263. The number of rotatable bonds is 9. The van der Waals surface area contributed by atoms with E-state index in [1.54, 1.807) is 23.8 Å². The first-order valence-corrected chi connectivity index (χ1v) is 12.7. The van der Waals surface area contributed by atoms with Crippen molar-refractivity contribution in [1.82, 2.24) is 14.5 Å². The van der Waals surface area contributed by atoms with Crippen molar-refractivity contribution < 1.29 is 14.3 Å². The standard InChI is InChI=1S/C26H32ClN5O4/c1-5-19(33)15-36-23-12-17-11-18(7-8-22(17)32(16(3)4)25(23)34)29-24-21(27)13-28-26(30-24)31-9-10-35-20(6-2)14-31/h7-8,11-13,16,20H,5-6,9-10,14-15H2,1-4H3,(H,28,29,30)/t20-/m1/s1. The molecule has 1 fully saturated rings. The molecule has 192 valence electrons. The normalized spacial score (nSPS) is 15.9. The number of fused-ring (bicyclic) bond motifs is 1. The second-order valence-corrected chi connectivity index (χ2v) is 9.48. The van der Waals surface area contributed by atoms with Gasteiger partial charge in [-0.05, 0) is 44.5 Å². The van der Waals surface area contributed by atoms with Crippen molar-refractivity contribution in [2.24, 2.45) is 0 Å². The van der Waals surface area contributed by atoms with Gasteiger partial charge in [-0.3, -0.25) is 9.59 Å². The molecule has 1 N–H and O–H groups in total. The molecule has 10 heteroatoms. The largest absolute Gasteiger partial charge is 0.480 e. The van der Waals surface area contributed by atoms with Crippen molar-refractivity contribution in [2.75, 3.05) is 36.5 Å². The SMILES string of the molecule is CCC(=O)COc1cc2cc(Nc3nc(N4CCO[C@H](CC)C4)ncc3Cl)ccc2n(C(C)C)c1=O. The van der Waals surface area contributed by atoms with Crippen molar-refractivity contribution in [3.63, 3.8) is 0 Å². The third kappa shape index (κ3) is 5.63. The molecule has 36 heavy (non-hydrogen) atoms. The average Bonchev–Trinajstić information content (AvgIpc) is 2.88. The van der Waals surface area contributed by atoms with E-state index in [0.717, 1.165) is 29.6 Å². The average molecular weight is 514 g/mol. The van der Waals surface area contributed by atoms with E-state index in [0.29, 0.717) is 36.4 Å². The molecule has 0 aliphatic carbocycles. The molecule has 1 aliphatic heterocycles. The van der Waals surface area contributed by atoms with E-state index in [2.05, 4.69) is 27.1 Å². The third-order valence-electron chi connectivity index (χ3n) is 6.17. The van der Waals surface area contributed by atoms with Gasteiger partial charge in [-0.1, -0.05) is 25.4 Å². The maximum Gasteiger partial charge on any atom is 0.293 e. The summed E-state index contributed by atoms with van der Waals surface area (Å²) in [6, 6.07) is 7.24. The van der Waals surface area contributed by atoms with Gasteiger partial charge >= 0.3 is 0 Å². The van der Waals surface area contributed by atoms with E-state index in [-0.39, 0.29) is 35.8 Å². The molecule has 1 aromatic carbocycles. The zero-order chi connectivity index (χ0) is 25.8. The van der Waals surface area contributed by atoms with Crippen molar-refractivity contribution in [1.29, 1.82) is 0 Å². The molecular weight excluding hydrogens is 482 g/mol. The van der Waals surface area contributed by atoms with Crippen LogP contribution in [-0.4, -0.2) is 52.7 Å². The van der Waals surface area contributed by atoms with E-state index in [4.69, 9.17) is 21.1 Å². The molecule has 4 rings (SSSR count). The smallest absolute Gasteiger partial charge is 0.293 e. The fourth-order valence-electron chi connectivity index (χ4n) is 4.16. The van der Waals surface area contributed by atoms with Crippen LogP contribution in [0, 0.1) is 0 Å². The Morgan fingerprint density at radius 2 is 2.11 bits per heavy atom. The van der Waals surface area contributed by atoms with Gasteiger partial charge in [0.1, 0.15) is 11.6 Å². The van der Waals surface area contributed by atoms with E-state index >= 15 is 0 Å². The summed E-state index contributed by atoms with van der Waals surface area (Å²) in [6.07, 6.45) is 3.02. The number of carbonyl (C=O) groups excluding carboxylic acids is 1. The molecule has 0 bridgehead atoms. The Kier molecular flexibility index (Phi) is 8.11. The summed E-state index contributed by atoms with van der Waals surface area (Å²) in [4.78, 5) is 36.0. The number of aromatic nitrogens is 3.